The molecule has 1 aliphatic carbocycles. The Morgan fingerprint density at radius 3 is 2.08 bits per heavy atom. The first-order chi connectivity index (χ1) is 18.6. The quantitative estimate of drug-likeness (QED) is 0.0882. The SMILES string of the molecule is CCCC[C@H](NC(=O)[C@H](Cc1ccc(C(=N)N)cc1)C1CCCCC1)C(=O)N[C@@H](CCCNC(=N)N)C(N)=O. The normalized spacial score (nSPS) is 15.9. The van der Waals surface area contributed by atoms with Crippen LogP contribution in [-0.2, 0) is 20.8 Å². The zero-order chi connectivity index (χ0) is 28.8. The van der Waals surface area contributed by atoms with Crippen molar-refractivity contribution in [2.75, 3.05) is 6.54 Å². The minimum Gasteiger partial charge on any atom is -0.384 e. The molecule has 1 saturated carbocycles. The van der Waals surface area contributed by atoms with Gasteiger partial charge >= 0.3 is 0 Å². The molecule has 1 aromatic carbocycles. The van der Waals surface area contributed by atoms with Gasteiger partial charge in [-0.15, -0.1) is 0 Å². The van der Waals surface area contributed by atoms with Crippen molar-refractivity contribution in [1.29, 1.82) is 10.8 Å². The van der Waals surface area contributed by atoms with E-state index in [9.17, 15) is 14.4 Å². The molecule has 0 spiro atoms. The van der Waals surface area contributed by atoms with Crippen molar-refractivity contribution >= 4 is 29.5 Å². The highest BCUT2D eigenvalue weighted by molar-refractivity contribution is 5.95. The number of unbranched alkanes of at least 4 members (excludes halogenated alkanes) is 1. The van der Waals surface area contributed by atoms with Gasteiger partial charge in [0, 0.05) is 18.0 Å². The van der Waals surface area contributed by atoms with Crippen molar-refractivity contribution < 1.29 is 14.4 Å². The Morgan fingerprint density at radius 2 is 1.51 bits per heavy atom. The van der Waals surface area contributed by atoms with Crippen LogP contribution in [0.3, 0.4) is 0 Å². The standard InChI is InChI=1S/C28H46N8O3/c1-2-3-10-23(27(39)35-22(25(31)37)11-7-16-34-28(32)33)36-26(38)21(19-8-5-4-6-9-19)17-18-12-14-20(15-13-18)24(29)30/h12-15,19,21-23H,2-11,16-17H2,1H3,(H3,29,30)(H2,31,37)(H,35,39)(H,36,38)(H4,32,33,34)/t21-,22+,23+/m1/s1. The molecule has 0 aromatic heterocycles. The van der Waals surface area contributed by atoms with Gasteiger partial charge in [-0.3, -0.25) is 25.2 Å². The fourth-order valence-electron chi connectivity index (χ4n) is 5.13. The molecule has 216 valence electrons. The Bertz CT molecular complexity index is 976. The van der Waals surface area contributed by atoms with Gasteiger partial charge in [0.05, 0.1) is 0 Å². The van der Waals surface area contributed by atoms with Gasteiger partial charge in [0.1, 0.15) is 17.9 Å². The molecule has 11 N–H and O–H groups in total. The summed E-state index contributed by atoms with van der Waals surface area (Å²) in [6.07, 6.45) is 8.60. The van der Waals surface area contributed by atoms with Crippen LogP contribution in [0, 0.1) is 22.7 Å². The Balaban J connectivity index is 2.15. The Kier molecular flexibility index (Phi) is 13.2. The summed E-state index contributed by atoms with van der Waals surface area (Å²) in [5, 5.41) is 23.2. The third-order valence-electron chi connectivity index (χ3n) is 7.40. The van der Waals surface area contributed by atoms with E-state index in [4.69, 9.17) is 28.0 Å². The van der Waals surface area contributed by atoms with E-state index in [1.165, 1.54) is 0 Å². The van der Waals surface area contributed by atoms with Gasteiger partial charge in [-0.2, -0.15) is 0 Å². The number of hydrogen-bond donors (Lipinski definition) is 8. The molecular weight excluding hydrogens is 496 g/mol. The van der Waals surface area contributed by atoms with Crippen LogP contribution in [0.15, 0.2) is 24.3 Å². The molecule has 39 heavy (non-hydrogen) atoms. The van der Waals surface area contributed by atoms with Gasteiger partial charge in [0.15, 0.2) is 5.96 Å². The monoisotopic (exact) mass is 542 g/mol. The highest BCUT2D eigenvalue weighted by Crippen LogP contribution is 2.32. The Hall–Kier alpha value is -3.63. The number of carbonyl (C=O) groups excluding carboxylic acids is 3. The van der Waals surface area contributed by atoms with Gasteiger partial charge < -0.3 is 33.2 Å². The number of primary amides is 1. The number of amidine groups is 1. The van der Waals surface area contributed by atoms with Crippen LogP contribution >= 0.6 is 0 Å². The van der Waals surface area contributed by atoms with E-state index in [2.05, 4.69) is 16.0 Å². The van der Waals surface area contributed by atoms with Crippen LogP contribution in [0.5, 0.6) is 0 Å². The first kappa shape index (κ1) is 31.6. The van der Waals surface area contributed by atoms with Crippen molar-refractivity contribution in [3.05, 3.63) is 35.4 Å². The number of carbonyl (C=O) groups is 3. The zero-order valence-corrected chi connectivity index (χ0v) is 23.1. The molecule has 0 heterocycles. The average molecular weight is 543 g/mol. The third-order valence-corrected chi connectivity index (χ3v) is 7.40. The van der Waals surface area contributed by atoms with Crippen molar-refractivity contribution in [3.8, 4) is 0 Å². The molecule has 3 amide bonds. The number of hydrogen-bond acceptors (Lipinski definition) is 5. The molecule has 2 rings (SSSR count). The largest absolute Gasteiger partial charge is 0.384 e. The lowest BCUT2D eigenvalue weighted by atomic mass is 9.76. The maximum Gasteiger partial charge on any atom is 0.243 e. The highest BCUT2D eigenvalue weighted by atomic mass is 16.2. The van der Waals surface area contributed by atoms with E-state index in [1.807, 2.05) is 19.1 Å². The number of nitrogens with two attached hydrogens (primary N) is 3. The number of benzene rings is 1. The van der Waals surface area contributed by atoms with Crippen LogP contribution in [0.1, 0.15) is 82.3 Å². The van der Waals surface area contributed by atoms with E-state index in [1.54, 1.807) is 12.1 Å². The summed E-state index contributed by atoms with van der Waals surface area (Å²) in [6, 6.07) is 5.72. The summed E-state index contributed by atoms with van der Waals surface area (Å²) >= 11 is 0. The van der Waals surface area contributed by atoms with Crippen molar-refractivity contribution in [1.82, 2.24) is 16.0 Å². The predicted molar refractivity (Wildman–Crippen MR) is 153 cm³/mol. The van der Waals surface area contributed by atoms with Crippen LogP contribution in [0.4, 0.5) is 0 Å². The predicted octanol–water partition coefficient (Wildman–Crippen LogP) is 1.62. The summed E-state index contributed by atoms with van der Waals surface area (Å²) in [5.74, 6) is -1.48. The topological polar surface area (TPSA) is 213 Å². The molecule has 0 aliphatic heterocycles. The summed E-state index contributed by atoms with van der Waals surface area (Å²) in [4.78, 5) is 39.0. The first-order valence-electron chi connectivity index (χ1n) is 14.0. The van der Waals surface area contributed by atoms with Crippen molar-refractivity contribution in [2.24, 2.45) is 29.0 Å². The van der Waals surface area contributed by atoms with Crippen LogP contribution in [-0.4, -0.2) is 48.1 Å². The second-order valence-electron chi connectivity index (χ2n) is 10.5. The minimum absolute atomic E-state index is 0.00252. The molecule has 1 fully saturated rings. The van der Waals surface area contributed by atoms with Crippen LogP contribution in [0.25, 0.3) is 0 Å². The molecule has 0 radical (unpaired) electrons. The second kappa shape index (κ2) is 16.4. The Labute approximate surface area is 231 Å². The van der Waals surface area contributed by atoms with Crippen molar-refractivity contribution in [2.45, 2.75) is 89.6 Å². The van der Waals surface area contributed by atoms with E-state index < -0.39 is 23.9 Å². The van der Waals surface area contributed by atoms with E-state index in [-0.39, 0.29) is 36.0 Å². The molecule has 0 saturated heterocycles. The van der Waals surface area contributed by atoms with Gasteiger partial charge in [0.2, 0.25) is 17.7 Å². The number of nitrogen functional groups attached to an aromatic ring is 1. The maximum atomic E-state index is 13.7. The molecule has 3 atom stereocenters. The molecule has 0 bridgehead atoms. The average Bonchev–Trinajstić information content (AvgIpc) is 2.91. The minimum atomic E-state index is -0.888. The summed E-state index contributed by atoms with van der Waals surface area (Å²) in [7, 11) is 0. The van der Waals surface area contributed by atoms with Gasteiger partial charge in [-0.25, -0.2) is 0 Å². The van der Waals surface area contributed by atoms with Crippen molar-refractivity contribution in [3.63, 3.8) is 0 Å². The van der Waals surface area contributed by atoms with Gasteiger partial charge in [-0.05, 0) is 50.0 Å². The second-order valence-corrected chi connectivity index (χ2v) is 10.5. The Morgan fingerprint density at radius 1 is 0.897 bits per heavy atom. The molecule has 0 unspecified atom stereocenters. The van der Waals surface area contributed by atoms with Crippen LogP contribution in [0.2, 0.25) is 0 Å². The molecule has 1 aliphatic rings. The fraction of sp³-hybridized carbons (Fsp3) is 0.607. The zero-order valence-electron chi connectivity index (χ0n) is 23.1. The number of amides is 3. The number of nitrogens with one attached hydrogen (secondary N) is 5. The summed E-state index contributed by atoms with van der Waals surface area (Å²) < 4.78 is 0. The lowest BCUT2D eigenvalue weighted by Crippen LogP contribution is -2.54. The fourth-order valence-corrected chi connectivity index (χ4v) is 5.13. The van der Waals surface area contributed by atoms with E-state index >= 15 is 0 Å². The van der Waals surface area contributed by atoms with Crippen LogP contribution < -0.4 is 33.2 Å². The van der Waals surface area contributed by atoms with E-state index in [0.717, 1.165) is 50.5 Å². The maximum absolute atomic E-state index is 13.7. The third kappa shape index (κ3) is 10.9. The molecule has 1 aromatic rings. The number of guanidine groups is 1. The smallest absolute Gasteiger partial charge is 0.243 e. The van der Waals surface area contributed by atoms with E-state index in [0.29, 0.717) is 31.4 Å². The van der Waals surface area contributed by atoms with Gasteiger partial charge in [0.25, 0.3) is 0 Å². The number of rotatable bonds is 16. The van der Waals surface area contributed by atoms with Gasteiger partial charge in [-0.1, -0.05) is 63.3 Å². The first-order valence-corrected chi connectivity index (χ1v) is 14.0. The lowest BCUT2D eigenvalue weighted by Gasteiger charge is -2.31. The molecule has 11 nitrogen and oxygen atoms in total. The summed E-state index contributed by atoms with van der Waals surface area (Å²) in [6.45, 7) is 2.39. The summed E-state index contributed by atoms with van der Waals surface area (Å²) in [5.41, 5.74) is 18.0. The lowest BCUT2D eigenvalue weighted by molar-refractivity contribution is -0.134. The molecular formula is C28H46N8O3. The molecule has 11 heteroatoms. The highest BCUT2D eigenvalue weighted by Gasteiger charge is 2.33.